The molecule has 0 aliphatic heterocycles. The van der Waals surface area contributed by atoms with Crippen molar-refractivity contribution in [3.8, 4) is 17.2 Å². The molecule has 17 heteroatoms. The highest BCUT2D eigenvalue weighted by Crippen LogP contribution is 2.40. The van der Waals surface area contributed by atoms with Gasteiger partial charge in [-0.1, -0.05) is 22.7 Å². The molecule has 0 atom stereocenters. The molecule has 0 bridgehead atoms. The number of hydrogen-bond acceptors (Lipinski definition) is 12. The highest BCUT2D eigenvalue weighted by atomic mass is 32.2. The average Bonchev–Trinajstić information content (AvgIpc) is 3.55. The van der Waals surface area contributed by atoms with E-state index in [2.05, 4.69) is 10.2 Å². The van der Waals surface area contributed by atoms with Crippen molar-refractivity contribution >= 4 is 69.1 Å². The van der Waals surface area contributed by atoms with Crippen molar-refractivity contribution in [2.75, 3.05) is 14.2 Å². The lowest BCUT2D eigenvalue weighted by Crippen LogP contribution is -2.16. The van der Waals surface area contributed by atoms with E-state index in [4.69, 9.17) is 13.7 Å². The van der Waals surface area contributed by atoms with E-state index in [0.29, 0.717) is 32.1 Å². The normalized spacial score (nSPS) is 13.1. The van der Waals surface area contributed by atoms with Crippen molar-refractivity contribution in [1.29, 1.82) is 0 Å². The summed E-state index contributed by atoms with van der Waals surface area (Å²) in [5, 5.41) is 8.93. The first-order valence-corrected chi connectivity index (χ1v) is 17.8. The summed E-state index contributed by atoms with van der Waals surface area (Å²) in [5.74, 6) is -0.409. The standard InChI is InChI=1S/C28H28N4O9S4/c1-6-31-20-10-8-18(44(34,35)36)14-24(20)42-27(31)29-30-28-32(7-2)21-11-9-19(15-25(21)43-28)45(37,38)41-26-22(39-4)12-17(16(3)33)13-23(26)40-5/h8-15H,6-7H2,1-5H3,(H,34,35,36). The van der Waals surface area contributed by atoms with Crippen LogP contribution in [-0.2, 0) is 33.3 Å². The quantitative estimate of drug-likeness (QED) is 0.0965. The van der Waals surface area contributed by atoms with E-state index in [1.54, 1.807) is 12.1 Å². The number of aryl methyl sites for hydroxylation is 2. The molecule has 5 rings (SSSR count). The molecule has 0 saturated carbocycles. The molecule has 5 aromatic rings. The van der Waals surface area contributed by atoms with Gasteiger partial charge in [-0.05, 0) is 69.3 Å². The number of thiazole rings is 2. The zero-order valence-corrected chi connectivity index (χ0v) is 27.9. The van der Waals surface area contributed by atoms with Gasteiger partial charge >= 0.3 is 10.1 Å². The zero-order valence-electron chi connectivity index (χ0n) is 24.7. The molecule has 0 amide bonds. The molecule has 3 aromatic carbocycles. The average molecular weight is 693 g/mol. The van der Waals surface area contributed by atoms with E-state index >= 15 is 0 Å². The summed E-state index contributed by atoms with van der Waals surface area (Å²) in [7, 11) is -6.08. The first kappa shape index (κ1) is 32.4. The molecule has 0 fully saturated rings. The Balaban J connectivity index is 1.58. The minimum absolute atomic E-state index is 0.0200. The summed E-state index contributed by atoms with van der Waals surface area (Å²) in [6.07, 6.45) is 0. The number of hydrogen-bond donors (Lipinski definition) is 1. The summed E-state index contributed by atoms with van der Waals surface area (Å²) in [4.78, 5) is 12.6. The van der Waals surface area contributed by atoms with E-state index in [9.17, 15) is 26.2 Å². The Hall–Kier alpha value is -4.03. The van der Waals surface area contributed by atoms with Crippen molar-refractivity contribution in [2.24, 2.45) is 10.2 Å². The molecule has 1 N–H and O–H groups in total. The lowest BCUT2D eigenvalue weighted by molar-refractivity contribution is 0.101. The molecule has 0 aliphatic rings. The fraction of sp³-hybridized carbons (Fsp3) is 0.250. The van der Waals surface area contributed by atoms with Gasteiger partial charge < -0.3 is 22.8 Å². The van der Waals surface area contributed by atoms with Crippen LogP contribution in [0.2, 0.25) is 0 Å². The number of nitrogens with zero attached hydrogens (tertiary/aromatic N) is 4. The van der Waals surface area contributed by atoms with Crippen LogP contribution in [0.3, 0.4) is 0 Å². The van der Waals surface area contributed by atoms with E-state index < -0.39 is 20.2 Å². The van der Waals surface area contributed by atoms with Crippen LogP contribution in [0.25, 0.3) is 20.4 Å². The number of fused-ring (bicyclic) bond motifs is 2. The Labute approximate surface area is 266 Å². The monoisotopic (exact) mass is 692 g/mol. The van der Waals surface area contributed by atoms with Crippen LogP contribution in [0.4, 0.5) is 0 Å². The number of rotatable bonds is 10. The van der Waals surface area contributed by atoms with Crippen LogP contribution in [-0.4, -0.2) is 50.5 Å². The molecule has 0 spiro atoms. The first-order chi connectivity index (χ1) is 21.3. The summed E-state index contributed by atoms with van der Waals surface area (Å²) in [6, 6.07) is 11.6. The Kier molecular flexibility index (Phi) is 8.92. The predicted octanol–water partition coefficient (Wildman–Crippen LogP) is 4.41. The highest BCUT2D eigenvalue weighted by molar-refractivity contribution is 7.87. The van der Waals surface area contributed by atoms with E-state index in [0.717, 1.165) is 11.0 Å². The van der Waals surface area contributed by atoms with Gasteiger partial charge in [0.2, 0.25) is 15.4 Å². The van der Waals surface area contributed by atoms with Crippen LogP contribution < -0.4 is 23.3 Å². The molecule has 0 saturated heterocycles. The third kappa shape index (κ3) is 6.26. The number of ketones is 1. The van der Waals surface area contributed by atoms with Crippen LogP contribution >= 0.6 is 22.7 Å². The molecule has 2 aromatic heterocycles. The van der Waals surface area contributed by atoms with Crippen molar-refractivity contribution in [3.63, 3.8) is 0 Å². The summed E-state index contributed by atoms with van der Waals surface area (Å²) >= 11 is 2.45. The van der Waals surface area contributed by atoms with Crippen LogP contribution in [0, 0.1) is 0 Å². The van der Waals surface area contributed by atoms with Gasteiger partial charge in [0, 0.05) is 18.7 Å². The smallest absolute Gasteiger partial charge is 0.339 e. The maximum absolute atomic E-state index is 13.4. The van der Waals surface area contributed by atoms with Crippen molar-refractivity contribution in [2.45, 2.75) is 43.7 Å². The lowest BCUT2D eigenvalue weighted by atomic mass is 10.1. The minimum atomic E-state index is -4.37. The SMILES string of the molecule is CCn1c(=NN=c2sc3cc(S(=O)(=O)Oc4c(OC)cc(C(C)=O)cc4OC)ccc3n2CC)sc2cc(S(=O)(=O)O)ccc21. The van der Waals surface area contributed by atoms with E-state index in [1.807, 2.05) is 23.0 Å². The zero-order chi connectivity index (χ0) is 32.7. The summed E-state index contributed by atoms with van der Waals surface area (Å²) in [5.41, 5.74) is 1.73. The maximum atomic E-state index is 13.4. The van der Waals surface area contributed by atoms with E-state index in [-0.39, 0.29) is 38.4 Å². The molecule has 2 heterocycles. The topological polar surface area (TPSA) is 168 Å². The fourth-order valence-electron chi connectivity index (χ4n) is 4.60. The number of carbonyl (C=O) groups excluding carboxylic acids is 1. The van der Waals surface area contributed by atoms with Gasteiger partial charge in [-0.25, -0.2) is 0 Å². The minimum Gasteiger partial charge on any atom is -0.493 e. The molecule has 238 valence electrons. The third-order valence-electron chi connectivity index (χ3n) is 6.81. The van der Waals surface area contributed by atoms with Crippen molar-refractivity contribution in [1.82, 2.24) is 9.13 Å². The molecule has 0 aliphatic carbocycles. The highest BCUT2D eigenvalue weighted by Gasteiger charge is 2.25. The van der Waals surface area contributed by atoms with E-state index in [1.165, 1.54) is 80.2 Å². The Morgan fingerprint density at radius 2 is 1.27 bits per heavy atom. The lowest BCUT2D eigenvalue weighted by Gasteiger charge is -2.15. The number of Topliss-reactive ketones (excluding diaryl/α,β-unsaturated/α-hetero) is 1. The molecular formula is C28H28N4O9S4. The largest absolute Gasteiger partial charge is 0.493 e. The molecule has 0 radical (unpaired) electrons. The predicted molar refractivity (Wildman–Crippen MR) is 169 cm³/mol. The number of methoxy groups -OCH3 is 2. The summed E-state index contributed by atoms with van der Waals surface area (Å²) in [6.45, 7) is 6.26. The Morgan fingerprint density at radius 3 is 1.69 bits per heavy atom. The molecule has 0 unspecified atom stereocenters. The van der Waals surface area contributed by atoms with Gasteiger partial charge in [0.25, 0.3) is 10.1 Å². The van der Waals surface area contributed by atoms with Gasteiger partial charge in [-0.15, -0.1) is 10.2 Å². The van der Waals surface area contributed by atoms with Crippen LogP contribution in [0.15, 0.2) is 68.5 Å². The Bertz CT molecular complexity index is 2310. The second kappa shape index (κ2) is 12.4. The molecular weight excluding hydrogens is 665 g/mol. The number of aromatic nitrogens is 2. The second-order valence-corrected chi connectivity index (χ2v) is 14.5. The number of benzene rings is 3. The van der Waals surface area contributed by atoms with Gasteiger partial charge in [0.1, 0.15) is 4.90 Å². The van der Waals surface area contributed by atoms with Gasteiger partial charge in [-0.2, -0.15) is 16.8 Å². The van der Waals surface area contributed by atoms with Crippen LogP contribution in [0.1, 0.15) is 31.1 Å². The molecule has 13 nitrogen and oxygen atoms in total. The number of carbonyl (C=O) groups is 1. The number of ether oxygens (including phenoxy) is 2. The van der Waals surface area contributed by atoms with Gasteiger partial charge in [0.15, 0.2) is 17.3 Å². The first-order valence-electron chi connectivity index (χ1n) is 13.3. The van der Waals surface area contributed by atoms with Gasteiger partial charge in [-0.3, -0.25) is 9.35 Å². The van der Waals surface area contributed by atoms with Crippen molar-refractivity contribution in [3.05, 3.63) is 63.7 Å². The van der Waals surface area contributed by atoms with Crippen molar-refractivity contribution < 1.29 is 39.8 Å². The van der Waals surface area contributed by atoms with Crippen LogP contribution in [0.5, 0.6) is 17.2 Å². The maximum Gasteiger partial charge on any atom is 0.339 e. The Morgan fingerprint density at radius 1 is 0.800 bits per heavy atom. The third-order valence-corrected chi connectivity index (χ3v) is 10.9. The second-order valence-electron chi connectivity index (χ2n) is 9.50. The summed E-state index contributed by atoms with van der Waals surface area (Å²) < 4.78 is 80.6. The fourth-order valence-corrected chi connectivity index (χ4v) is 8.40. The van der Waals surface area contributed by atoms with Gasteiger partial charge in [0.05, 0.1) is 39.5 Å². The molecule has 45 heavy (non-hydrogen) atoms.